The smallest absolute Gasteiger partial charge is 0.137 e. The van der Waals surface area contributed by atoms with Gasteiger partial charge >= 0.3 is 0 Å². The SMILES string of the molecule is CCSC(CC)N1CCCSC1=S. The van der Waals surface area contributed by atoms with Crippen LogP contribution >= 0.6 is 35.7 Å². The Morgan fingerprint density at radius 2 is 2.38 bits per heavy atom. The molecule has 0 aromatic rings. The summed E-state index contributed by atoms with van der Waals surface area (Å²) in [5.41, 5.74) is 0. The van der Waals surface area contributed by atoms with Crippen LogP contribution in [0.4, 0.5) is 0 Å². The maximum absolute atomic E-state index is 5.36. The molecule has 1 aliphatic rings. The first-order valence-corrected chi connectivity index (χ1v) is 7.28. The standard InChI is InChI=1S/C9H17NS3/c1-3-8(12-4-2)10-6-5-7-13-9(10)11/h8H,3-7H2,1-2H3. The molecule has 0 aromatic heterocycles. The second-order valence-corrected chi connectivity index (χ2v) is 6.16. The van der Waals surface area contributed by atoms with E-state index >= 15 is 0 Å². The molecule has 4 heteroatoms. The van der Waals surface area contributed by atoms with E-state index in [4.69, 9.17) is 12.2 Å². The van der Waals surface area contributed by atoms with Crippen LogP contribution in [-0.2, 0) is 0 Å². The van der Waals surface area contributed by atoms with E-state index in [0.717, 1.165) is 10.9 Å². The molecule has 1 unspecified atom stereocenters. The van der Waals surface area contributed by atoms with Crippen LogP contribution < -0.4 is 0 Å². The van der Waals surface area contributed by atoms with E-state index in [1.807, 2.05) is 23.5 Å². The topological polar surface area (TPSA) is 3.24 Å². The third kappa shape index (κ3) is 3.33. The predicted molar refractivity (Wildman–Crippen MR) is 68.6 cm³/mol. The molecule has 0 saturated carbocycles. The molecule has 0 N–H and O–H groups in total. The van der Waals surface area contributed by atoms with Gasteiger partial charge in [0.1, 0.15) is 4.32 Å². The van der Waals surface area contributed by atoms with Crippen molar-refractivity contribution in [1.82, 2.24) is 4.90 Å². The molecule has 0 bridgehead atoms. The Kier molecular flexibility index (Phi) is 5.51. The first-order valence-electron chi connectivity index (χ1n) is 4.84. The number of thioether (sulfide) groups is 2. The van der Waals surface area contributed by atoms with E-state index in [1.54, 1.807) is 0 Å². The van der Waals surface area contributed by atoms with Crippen LogP contribution in [-0.4, -0.2) is 32.6 Å². The van der Waals surface area contributed by atoms with Crippen molar-refractivity contribution in [2.24, 2.45) is 0 Å². The highest BCUT2D eigenvalue weighted by Crippen LogP contribution is 2.26. The van der Waals surface area contributed by atoms with Crippen molar-refractivity contribution in [3.05, 3.63) is 0 Å². The molecule has 0 aromatic carbocycles. The number of nitrogens with zero attached hydrogens (tertiary/aromatic N) is 1. The van der Waals surface area contributed by atoms with Crippen LogP contribution in [0.1, 0.15) is 26.7 Å². The highest BCUT2D eigenvalue weighted by Gasteiger charge is 2.22. The maximum Gasteiger partial charge on any atom is 0.137 e. The Hall–Kier alpha value is 0.590. The highest BCUT2D eigenvalue weighted by molar-refractivity contribution is 8.23. The van der Waals surface area contributed by atoms with Gasteiger partial charge in [-0.05, 0) is 18.6 Å². The van der Waals surface area contributed by atoms with Crippen LogP contribution in [0.15, 0.2) is 0 Å². The molecular formula is C9H17NS3. The first-order chi connectivity index (χ1) is 6.29. The molecule has 1 atom stereocenters. The van der Waals surface area contributed by atoms with Gasteiger partial charge in [-0.25, -0.2) is 0 Å². The zero-order valence-corrected chi connectivity index (χ0v) is 10.7. The fourth-order valence-corrected chi connectivity index (χ4v) is 3.90. The molecule has 0 amide bonds. The van der Waals surface area contributed by atoms with Crippen molar-refractivity contribution >= 4 is 40.1 Å². The zero-order chi connectivity index (χ0) is 9.68. The molecule has 1 rings (SSSR count). The van der Waals surface area contributed by atoms with Crippen molar-refractivity contribution in [1.29, 1.82) is 0 Å². The molecule has 1 aliphatic heterocycles. The Morgan fingerprint density at radius 1 is 1.62 bits per heavy atom. The summed E-state index contributed by atoms with van der Waals surface area (Å²) in [6.45, 7) is 5.63. The maximum atomic E-state index is 5.36. The van der Waals surface area contributed by atoms with Gasteiger partial charge in [0.2, 0.25) is 0 Å². The van der Waals surface area contributed by atoms with E-state index in [0.29, 0.717) is 5.37 Å². The van der Waals surface area contributed by atoms with E-state index in [1.165, 1.54) is 24.3 Å². The molecule has 1 saturated heterocycles. The first kappa shape index (κ1) is 11.7. The molecule has 13 heavy (non-hydrogen) atoms. The van der Waals surface area contributed by atoms with Crippen molar-refractivity contribution in [2.45, 2.75) is 32.1 Å². The normalized spacial score (nSPS) is 20.5. The Labute approximate surface area is 95.0 Å². The average molecular weight is 235 g/mol. The van der Waals surface area contributed by atoms with Gasteiger partial charge in [-0.3, -0.25) is 0 Å². The molecular weight excluding hydrogens is 218 g/mol. The molecule has 1 heterocycles. The van der Waals surface area contributed by atoms with E-state index in [9.17, 15) is 0 Å². The molecule has 0 aliphatic carbocycles. The molecule has 76 valence electrons. The third-order valence-electron chi connectivity index (χ3n) is 2.06. The molecule has 0 radical (unpaired) electrons. The summed E-state index contributed by atoms with van der Waals surface area (Å²) in [5, 5.41) is 0.616. The summed E-state index contributed by atoms with van der Waals surface area (Å²) in [7, 11) is 0. The number of hydrogen-bond acceptors (Lipinski definition) is 3. The van der Waals surface area contributed by atoms with E-state index in [-0.39, 0.29) is 0 Å². The summed E-state index contributed by atoms with van der Waals surface area (Å²) in [4.78, 5) is 2.40. The van der Waals surface area contributed by atoms with Gasteiger partial charge in [-0.2, -0.15) is 0 Å². The van der Waals surface area contributed by atoms with Crippen molar-refractivity contribution in [2.75, 3.05) is 18.1 Å². The van der Waals surface area contributed by atoms with Gasteiger partial charge in [0.15, 0.2) is 0 Å². The summed E-state index contributed by atoms with van der Waals surface area (Å²) in [6.07, 6.45) is 2.48. The minimum Gasteiger partial charge on any atom is -0.346 e. The molecule has 1 nitrogen and oxygen atoms in total. The van der Waals surface area contributed by atoms with Crippen LogP contribution in [0.2, 0.25) is 0 Å². The van der Waals surface area contributed by atoms with Gasteiger partial charge in [-0.15, -0.1) is 11.8 Å². The Balaban J connectivity index is 2.49. The fourth-order valence-electron chi connectivity index (χ4n) is 1.45. The Bertz CT molecular complexity index is 172. The quantitative estimate of drug-likeness (QED) is 0.688. The highest BCUT2D eigenvalue weighted by atomic mass is 32.2. The lowest BCUT2D eigenvalue weighted by Crippen LogP contribution is -2.39. The van der Waals surface area contributed by atoms with Gasteiger partial charge in [0.25, 0.3) is 0 Å². The summed E-state index contributed by atoms with van der Waals surface area (Å²) < 4.78 is 1.11. The number of rotatable bonds is 4. The lowest BCUT2D eigenvalue weighted by atomic mass is 10.4. The molecule has 1 fully saturated rings. The van der Waals surface area contributed by atoms with Crippen molar-refractivity contribution in [3.63, 3.8) is 0 Å². The monoisotopic (exact) mass is 235 g/mol. The van der Waals surface area contributed by atoms with Crippen molar-refractivity contribution < 1.29 is 0 Å². The lowest BCUT2D eigenvalue weighted by Gasteiger charge is -2.35. The number of thiocarbonyl (C=S) groups is 1. The van der Waals surface area contributed by atoms with E-state index < -0.39 is 0 Å². The predicted octanol–water partition coefficient (Wildman–Crippen LogP) is 3.20. The summed E-state index contributed by atoms with van der Waals surface area (Å²) in [6, 6.07) is 0. The minimum atomic E-state index is 0.616. The summed E-state index contributed by atoms with van der Waals surface area (Å²) in [5.74, 6) is 2.39. The fraction of sp³-hybridized carbons (Fsp3) is 0.889. The second-order valence-electron chi connectivity index (χ2n) is 2.98. The van der Waals surface area contributed by atoms with E-state index in [2.05, 4.69) is 18.7 Å². The van der Waals surface area contributed by atoms with Gasteiger partial charge in [0.05, 0.1) is 5.37 Å². The average Bonchev–Trinajstić information content (AvgIpc) is 2.16. The van der Waals surface area contributed by atoms with Gasteiger partial charge < -0.3 is 4.90 Å². The third-order valence-corrected chi connectivity index (χ3v) is 4.93. The van der Waals surface area contributed by atoms with Crippen molar-refractivity contribution in [3.8, 4) is 0 Å². The Morgan fingerprint density at radius 3 is 2.92 bits per heavy atom. The number of hydrogen-bond donors (Lipinski definition) is 0. The zero-order valence-electron chi connectivity index (χ0n) is 8.28. The van der Waals surface area contributed by atoms with Gasteiger partial charge in [0, 0.05) is 12.3 Å². The van der Waals surface area contributed by atoms with Crippen LogP contribution in [0.25, 0.3) is 0 Å². The molecule has 0 spiro atoms. The lowest BCUT2D eigenvalue weighted by molar-refractivity contribution is 0.396. The van der Waals surface area contributed by atoms with Crippen LogP contribution in [0.3, 0.4) is 0 Å². The largest absolute Gasteiger partial charge is 0.346 e. The van der Waals surface area contributed by atoms with Crippen LogP contribution in [0, 0.1) is 0 Å². The van der Waals surface area contributed by atoms with Gasteiger partial charge in [-0.1, -0.05) is 37.8 Å². The summed E-state index contributed by atoms with van der Waals surface area (Å²) >= 11 is 9.21. The second kappa shape index (κ2) is 6.14. The van der Waals surface area contributed by atoms with Crippen LogP contribution in [0.5, 0.6) is 0 Å². The minimum absolute atomic E-state index is 0.616.